The van der Waals surface area contributed by atoms with Crippen LogP contribution in [0.3, 0.4) is 0 Å². The molecule has 20 heavy (non-hydrogen) atoms. The number of benzene rings is 1. The lowest BCUT2D eigenvalue weighted by Crippen LogP contribution is -1.92. The Morgan fingerprint density at radius 2 is 2.00 bits per heavy atom. The standard InChI is InChI=1S/C17H19NOS/c1-13(19)17(12-14-6-4-2-3-5-7-14)15-8-10-16(20-18)11-9-15/h2,4-11,19H,3,12,18H2,1H3/b17-13+. The summed E-state index contributed by atoms with van der Waals surface area (Å²) in [6, 6.07) is 7.95. The van der Waals surface area contributed by atoms with Gasteiger partial charge in [-0.1, -0.05) is 42.5 Å². The zero-order chi connectivity index (χ0) is 14.4. The average Bonchev–Trinajstić information content (AvgIpc) is 2.73. The first kappa shape index (κ1) is 14.7. The van der Waals surface area contributed by atoms with Crippen LogP contribution in [0.25, 0.3) is 5.57 Å². The molecule has 0 aromatic heterocycles. The molecule has 0 aliphatic heterocycles. The van der Waals surface area contributed by atoms with E-state index in [1.54, 1.807) is 6.92 Å². The van der Waals surface area contributed by atoms with Crippen LogP contribution in [0.5, 0.6) is 0 Å². The van der Waals surface area contributed by atoms with Crippen molar-refractivity contribution in [1.82, 2.24) is 0 Å². The minimum absolute atomic E-state index is 0.362. The zero-order valence-corrected chi connectivity index (χ0v) is 12.4. The molecule has 104 valence electrons. The van der Waals surface area contributed by atoms with E-state index in [4.69, 9.17) is 5.14 Å². The molecule has 3 heteroatoms. The van der Waals surface area contributed by atoms with E-state index in [0.29, 0.717) is 5.76 Å². The van der Waals surface area contributed by atoms with Crippen molar-refractivity contribution in [3.8, 4) is 0 Å². The van der Waals surface area contributed by atoms with Crippen molar-refractivity contribution in [3.63, 3.8) is 0 Å². The van der Waals surface area contributed by atoms with Crippen molar-refractivity contribution < 1.29 is 5.11 Å². The molecular formula is C17H19NOS. The topological polar surface area (TPSA) is 46.2 Å². The van der Waals surface area contributed by atoms with Crippen LogP contribution >= 0.6 is 11.9 Å². The van der Waals surface area contributed by atoms with Gasteiger partial charge in [0.1, 0.15) is 0 Å². The predicted octanol–water partition coefficient (Wildman–Crippen LogP) is 4.77. The maximum absolute atomic E-state index is 9.97. The van der Waals surface area contributed by atoms with Crippen molar-refractivity contribution in [1.29, 1.82) is 0 Å². The number of aliphatic hydroxyl groups excluding tert-OH is 1. The average molecular weight is 285 g/mol. The Balaban J connectivity index is 2.26. The van der Waals surface area contributed by atoms with Crippen molar-refractivity contribution >= 4 is 17.5 Å². The zero-order valence-electron chi connectivity index (χ0n) is 11.5. The molecule has 0 spiro atoms. The Morgan fingerprint density at radius 3 is 2.65 bits per heavy atom. The summed E-state index contributed by atoms with van der Waals surface area (Å²) in [6.07, 6.45) is 12.2. The normalized spacial score (nSPS) is 15.6. The third-order valence-electron chi connectivity index (χ3n) is 3.21. The van der Waals surface area contributed by atoms with Gasteiger partial charge in [0.25, 0.3) is 0 Å². The lowest BCUT2D eigenvalue weighted by molar-refractivity contribution is 0.416. The smallest absolute Gasteiger partial charge is 0.0932 e. The van der Waals surface area contributed by atoms with Gasteiger partial charge in [-0.3, -0.25) is 5.14 Å². The van der Waals surface area contributed by atoms with Gasteiger partial charge in [0.15, 0.2) is 0 Å². The van der Waals surface area contributed by atoms with E-state index in [2.05, 4.69) is 30.4 Å². The second kappa shape index (κ2) is 7.17. The van der Waals surface area contributed by atoms with Crippen LogP contribution in [0, 0.1) is 0 Å². The van der Waals surface area contributed by atoms with Crippen molar-refractivity contribution in [2.45, 2.75) is 24.7 Å². The molecule has 2 nitrogen and oxygen atoms in total. The Kier molecular flexibility index (Phi) is 5.27. The van der Waals surface area contributed by atoms with E-state index < -0.39 is 0 Å². The van der Waals surface area contributed by atoms with E-state index in [1.807, 2.05) is 24.3 Å². The van der Waals surface area contributed by atoms with Gasteiger partial charge in [-0.25, -0.2) is 0 Å². The molecule has 0 heterocycles. The highest BCUT2D eigenvalue weighted by Gasteiger charge is 2.08. The van der Waals surface area contributed by atoms with E-state index in [-0.39, 0.29) is 0 Å². The summed E-state index contributed by atoms with van der Waals surface area (Å²) < 4.78 is 0. The molecule has 0 saturated heterocycles. The Bertz CT molecular complexity index is 576. The SMILES string of the molecule is C/C(O)=C(/CC1=CC=CCC=C1)c1ccc(SN)cc1. The molecular weight excluding hydrogens is 266 g/mol. The first-order chi connectivity index (χ1) is 9.70. The monoisotopic (exact) mass is 285 g/mol. The van der Waals surface area contributed by atoms with Crippen LogP contribution < -0.4 is 5.14 Å². The van der Waals surface area contributed by atoms with E-state index in [1.165, 1.54) is 17.5 Å². The highest BCUT2D eigenvalue weighted by Crippen LogP contribution is 2.27. The van der Waals surface area contributed by atoms with Gasteiger partial charge in [-0.15, -0.1) is 0 Å². The lowest BCUT2D eigenvalue weighted by Gasteiger charge is -2.10. The summed E-state index contributed by atoms with van der Waals surface area (Å²) in [6.45, 7) is 1.73. The molecule has 1 aliphatic carbocycles. The van der Waals surface area contributed by atoms with E-state index in [0.717, 1.165) is 28.9 Å². The lowest BCUT2D eigenvalue weighted by atomic mass is 9.97. The van der Waals surface area contributed by atoms with Crippen LogP contribution in [-0.4, -0.2) is 5.11 Å². The van der Waals surface area contributed by atoms with Gasteiger partial charge < -0.3 is 5.11 Å². The molecule has 2 rings (SSSR count). The summed E-state index contributed by atoms with van der Waals surface area (Å²) in [4.78, 5) is 1.01. The fourth-order valence-corrected chi connectivity index (χ4v) is 2.41. The summed E-state index contributed by atoms with van der Waals surface area (Å²) >= 11 is 1.23. The summed E-state index contributed by atoms with van der Waals surface area (Å²) in [5, 5.41) is 15.5. The summed E-state index contributed by atoms with van der Waals surface area (Å²) in [5.41, 5.74) is 3.18. The first-order valence-corrected chi connectivity index (χ1v) is 7.47. The molecule has 0 fully saturated rings. The largest absolute Gasteiger partial charge is 0.512 e. The fraction of sp³-hybridized carbons (Fsp3) is 0.176. The number of rotatable bonds is 4. The molecule has 1 aromatic rings. The van der Waals surface area contributed by atoms with E-state index in [9.17, 15) is 5.11 Å². The van der Waals surface area contributed by atoms with Crippen molar-refractivity contribution in [3.05, 3.63) is 71.5 Å². The molecule has 1 aromatic carbocycles. The third-order valence-corrected chi connectivity index (χ3v) is 3.75. The molecule has 0 radical (unpaired) electrons. The number of nitrogens with two attached hydrogens (primary N) is 1. The molecule has 0 bridgehead atoms. The van der Waals surface area contributed by atoms with Crippen LogP contribution in [-0.2, 0) is 0 Å². The summed E-state index contributed by atoms with van der Waals surface area (Å²) in [5.74, 6) is 0.362. The van der Waals surface area contributed by atoms with Crippen LogP contribution in [0.15, 0.2) is 70.9 Å². The Morgan fingerprint density at radius 1 is 1.25 bits per heavy atom. The molecule has 0 saturated carbocycles. The first-order valence-electron chi connectivity index (χ1n) is 6.59. The van der Waals surface area contributed by atoms with Crippen LogP contribution in [0.1, 0.15) is 25.3 Å². The number of hydrogen-bond acceptors (Lipinski definition) is 3. The quantitative estimate of drug-likeness (QED) is 0.618. The second-order valence-electron chi connectivity index (χ2n) is 4.69. The van der Waals surface area contributed by atoms with Gasteiger partial charge >= 0.3 is 0 Å². The van der Waals surface area contributed by atoms with Crippen molar-refractivity contribution in [2.24, 2.45) is 5.14 Å². The number of hydrogen-bond donors (Lipinski definition) is 2. The van der Waals surface area contributed by atoms with Gasteiger partial charge in [0.2, 0.25) is 0 Å². The molecule has 0 amide bonds. The summed E-state index contributed by atoms with van der Waals surface area (Å²) in [7, 11) is 0. The maximum Gasteiger partial charge on any atom is 0.0932 e. The van der Waals surface area contributed by atoms with Gasteiger partial charge in [-0.2, -0.15) is 0 Å². The molecule has 1 aliphatic rings. The predicted molar refractivity (Wildman–Crippen MR) is 87.3 cm³/mol. The number of allylic oxidation sites excluding steroid dienone is 8. The third kappa shape index (κ3) is 3.89. The van der Waals surface area contributed by atoms with Gasteiger partial charge in [0, 0.05) is 16.9 Å². The minimum atomic E-state index is 0.362. The fourth-order valence-electron chi connectivity index (χ4n) is 2.12. The molecule has 0 unspecified atom stereocenters. The van der Waals surface area contributed by atoms with Gasteiger partial charge in [-0.05, 0) is 48.6 Å². The van der Waals surface area contributed by atoms with Crippen LogP contribution in [0.4, 0.5) is 0 Å². The highest BCUT2D eigenvalue weighted by molar-refractivity contribution is 7.97. The Labute approximate surface area is 124 Å². The van der Waals surface area contributed by atoms with Crippen molar-refractivity contribution in [2.75, 3.05) is 0 Å². The number of aliphatic hydroxyl groups is 1. The Hall–Kier alpha value is -1.71. The minimum Gasteiger partial charge on any atom is -0.512 e. The molecule has 0 atom stereocenters. The van der Waals surface area contributed by atoms with E-state index >= 15 is 0 Å². The molecule has 3 N–H and O–H groups in total. The maximum atomic E-state index is 9.97. The second-order valence-corrected chi connectivity index (χ2v) is 5.40. The highest BCUT2D eigenvalue weighted by atomic mass is 32.2. The van der Waals surface area contributed by atoms with Crippen LogP contribution in [0.2, 0.25) is 0 Å². The van der Waals surface area contributed by atoms with Gasteiger partial charge in [0.05, 0.1) is 5.76 Å².